The monoisotopic (exact) mass is 1540 g/mol. The van der Waals surface area contributed by atoms with E-state index in [2.05, 4.69) is 9.47 Å². The normalized spacial score (nSPS) is 24.5. The zero-order valence-electron chi connectivity index (χ0n) is 92.9. The number of halogens is 10. The number of carbonyl (C=O) groups excluding carboxylic acids is 2. The van der Waals surface area contributed by atoms with Crippen molar-refractivity contribution in [3.63, 3.8) is 0 Å². The molecule has 4 heterocycles. The van der Waals surface area contributed by atoms with E-state index in [4.69, 9.17) is 38.4 Å². The van der Waals surface area contributed by atoms with Crippen LogP contribution in [-0.2, 0) is 69.1 Å². The average molecular weight is 1540 g/mol. The highest BCUT2D eigenvalue weighted by Crippen LogP contribution is 2.36. The van der Waals surface area contributed by atoms with Crippen LogP contribution in [0.2, 0.25) is 0 Å². The van der Waals surface area contributed by atoms with Crippen LogP contribution in [0.5, 0.6) is 0 Å². The summed E-state index contributed by atoms with van der Waals surface area (Å²) >= 11 is 0.212. The van der Waals surface area contributed by atoms with Gasteiger partial charge in [-0.1, -0.05) is 120 Å². The third-order valence-electron chi connectivity index (χ3n) is 15.6. The molecular weight excluding hydrogens is 1420 g/mol. The first kappa shape index (κ1) is 42.5. The first-order valence-electron chi connectivity index (χ1n) is 50.0. The van der Waals surface area contributed by atoms with Gasteiger partial charge in [-0.25, -0.2) is 17.6 Å². The van der Waals surface area contributed by atoms with Crippen LogP contribution < -0.4 is 10.9 Å². The van der Waals surface area contributed by atoms with Crippen molar-refractivity contribution in [3.8, 4) is 22.3 Å². The fraction of sp³-hybridized carbons (Fsp3) is 0.317. The second-order valence-electron chi connectivity index (χ2n) is 22.8. The van der Waals surface area contributed by atoms with Crippen molar-refractivity contribution in [2.24, 2.45) is 0 Å². The van der Waals surface area contributed by atoms with Gasteiger partial charge in [-0.2, -0.15) is 26.3 Å². The number of methoxy groups -OCH3 is 2. The first-order valence-corrected chi connectivity index (χ1v) is 32.8. The Balaban J connectivity index is 0.000000275. The van der Waals surface area contributed by atoms with Crippen molar-refractivity contribution in [3.05, 3.63) is 270 Å². The molecule has 0 atom stereocenters. The molecule has 2 saturated heterocycles. The van der Waals surface area contributed by atoms with Gasteiger partial charge < -0.3 is 38.2 Å². The lowest BCUT2D eigenvalue weighted by molar-refractivity contribution is -0.138. The largest absolute Gasteiger partial charge is 0.416 e. The molecule has 12 rings (SSSR count). The molecule has 2 aromatic heterocycles. The first-order chi connectivity index (χ1) is 65.4. The van der Waals surface area contributed by atoms with Gasteiger partial charge in [-0.05, 0) is 133 Å². The number of likely N-dealkylation sites (tertiary alicyclic amines) is 2. The summed E-state index contributed by atoms with van der Waals surface area (Å²) < 4.78 is 479. The van der Waals surface area contributed by atoms with E-state index in [-0.39, 0.29) is 76.5 Å². The minimum atomic E-state index is -4.69. The van der Waals surface area contributed by atoms with Crippen LogP contribution in [0.25, 0.3) is 44.1 Å². The molecule has 0 N–H and O–H groups in total. The Morgan fingerprint density at radius 3 is 1.31 bits per heavy atom. The van der Waals surface area contributed by atoms with Gasteiger partial charge in [0.15, 0.2) is 34.1 Å². The van der Waals surface area contributed by atoms with E-state index >= 15 is 14.0 Å². The maximum Gasteiger partial charge on any atom is 0.416 e. The highest BCUT2D eigenvalue weighted by Gasteiger charge is 2.34. The lowest BCUT2D eigenvalue weighted by Crippen LogP contribution is -2.48. The zero-order valence-corrected chi connectivity index (χ0v) is 56.5. The summed E-state index contributed by atoms with van der Waals surface area (Å²) in [6.07, 6.45) is -26.4. The van der Waals surface area contributed by atoms with Gasteiger partial charge >= 0.3 is 12.4 Å². The second-order valence-corrected chi connectivity index (χ2v) is 24.5. The van der Waals surface area contributed by atoms with E-state index in [0.717, 1.165) is 97.9 Å². The molecular formula is C82H80F10N6O6S2. The molecule has 10 aromatic rings. The number of benzene rings is 8. The highest BCUT2D eigenvalue weighted by atomic mass is 32.2. The molecule has 0 unspecified atom stereocenters. The Kier molecular flexibility index (Phi) is 14.1. The van der Waals surface area contributed by atoms with E-state index in [1.807, 2.05) is 0 Å². The van der Waals surface area contributed by atoms with Gasteiger partial charge in [0.2, 0.25) is 11.8 Å². The summed E-state index contributed by atoms with van der Waals surface area (Å²) in [5.41, 5.74) is -10.6. The SMILES string of the molecule is [2H]c1c(C)c([2H])c2c(=O)c([2H])c(SC([2H])([2H])c3cccc(F)c3F)n(CC(=O)N(Cc3ccc(-c4ccc(C(F)(F)F)cc4)cc3)C3([2H])C([2H])([2H])C([2H])([2H])N(CC([2H])([2H])OC([2H])([2H])[2H])C([2H])([2H])C3([2H])[2H])c2c1[2H].[2H]c1c(C)c([2H])c2c(=O)c([2H])c(SCc3cccc(F)c3F)n(CC(=O)N(Cc3ccc(-c4ccc(C(F)(F)F)cc4)cc3)C3([2H])C([2H])([2H])C([2H])([2H])N(CC([2H])([2H])OC([2H])([2H])[2H])C([2H])([2H])C3([2H])[2H])c2c1[2H]. The van der Waals surface area contributed by atoms with Crippen molar-refractivity contribution < 1.29 is 115 Å². The number of nitrogens with zero attached hydrogens (tertiary/aromatic N) is 6. The maximum absolute atomic E-state index is 15.4. The second kappa shape index (κ2) is 35.1. The van der Waals surface area contributed by atoms with E-state index in [9.17, 15) is 62.8 Å². The van der Waals surface area contributed by atoms with Gasteiger partial charge in [0, 0.05) is 148 Å². The van der Waals surface area contributed by atoms with Crippen molar-refractivity contribution in [2.75, 3.05) is 66.3 Å². The molecule has 0 bridgehead atoms. The number of ether oxygens (including phenoxy) is 2. The van der Waals surface area contributed by atoms with E-state index in [1.165, 1.54) is 43.3 Å². The topological polar surface area (TPSA) is 110 Å². The number of carbonyl (C=O) groups is 2. The van der Waals surface area contributed by atoms with Gasteiger partial charge in [0.25, 0.3) is 0 Å². The van der Waals surface area contributed by atoms with Gasteiger partial charge in [0.05, 0.1) is 72.7 Å². The third-order valence-corrected chi connectivity index (χ3v) is 17.5. The molecule has 0 aliphatic carbocycles. The van der Waals surface area contributed by atoms with Gasteiger partial charge in [-0.15, -0.1) is 23.5 Å². The Hall–Kier alpha value is -9.04. The summed E-state index contributed by atoms with van der Waals surface area (Å²) in [7, 11) is -7.12. The summed E-state index contributed by atoms with van der Waals surface area (Å²) in [4.78, 5) is 57.9. The highest BCUT2D eigenvalue weighted by molar-refractivity contribution is 7.98. The Bertz CT molecular complexity index is 6750. The standard InChI is InChI=1S/2C41H40F5N3O3S/c2*1-27-6-15-36-34(22-27)37(50)23-39(53-26-31-4-3-5-35(42)40(31)43)49(36)25-38(51)48(33-16-18-47(19-17-33)20-21-52-2)24-28-7-9-29(10-8-28)30-11-13-32(14-12-30)41(44,45)46/h2*3-15,22-23,33H,16-21,24-26H2,1-2H3/i2D3,6D,15D,16D2,17D2,18D2,19D2,21D2,22D,23D,26D2,33D;2D3,6D,15D,16D2,17D2,18D2,19D2,21D2,22D,23D,33D. The molecule has 0 spiro atoms. The quantitative estimate of drug-likeness (QED) is 0.0428. The predicted molar refractivity (Wildman–Crippen MR) is 395 cm³/mol. The maximum atomic E-state index is 15.4. The molecule has 12 nitrogen and oxygen atoms in total. The van der Waals surface area contributed by atoms with Crippen molar-refractivity contribution in [1.82, 2.24) is 28.7 Å². The number of fused-ring (bicyclic) bond motifs is 2. The number of piperidine rings is 2. The number of amides is 2. The predicted octanol–water partition coefficient (Wildman–Crippen LogP) is 17.4. The minimum absolute atomic E-state index is 0.0232. The number of hydrogen-bond donors (Lipinski definition) is 0. The lowest BCUT2D eigenvalue weighted by atomic mass is 10.00. The van der Waals surface area contributed by atoms with Crippen LogP contribution in [0.3, 0.4) is 0 Å². The molecule has 556 valence electrons. The molecule has 8 aromatic carbocycles. The van der Waals surface area contributed by atoms with Gasteiger partial charge in [0.1, 0.15) is 13.1 Å². The summed E-state index contributed by atoms with van der Waals surface area (Å²) in [5.74, 6) is -9.94. The smallest absolute Gasteiger partial charge is 0.383 e. The van der Waals surface area contributed by atoms with Crippen molar-refractivity contribution >= 4 is 57.1 Å². The number of hydrogen-bond acceptors (Lipinski definition) is 10. The minimum Gasteiger partial charge on any atom is -0.383 e. The van der Waals surface area contributed by atoms with Crippen LogP contribution in [-0.4, -0.2) is 119 Å². The summed E-state index contributed by atoms with van der Waals surface area (Å²) in [5, 5.41) is -3.14. The number of pyridine rings is 2. The third kappa shape index (κ3) is 19.6. The molecule has 2 fully saturated rings. The molecule has 106 heavy (non-hydrogen) atoms. The van der Waals surface area contributed by atoms with E-state index < -0.39 is 302 Å². The molecule has 2 amide bonds. The van der Waals surface area contributed by atoms with E-state index in [1.54, 1.807) is 0 Å². The molecule has 2 aliphatic heterocycles. The summed E-state index contributed by atoms with van der Waals surface area (Å²) in [6.45, 7) is -30.3. The van der Waals surface area contributed by atoms with Gasteiger partial charge in [-0.3, -0.25) is 19.2 Å². The van der Waals surface area contributed by atoms with Crippen LogP contribution >= 0.6 is 23.5 Å². The molecule has 0 radical (unpaired) electrons. The van der Waals surface area contributed by atoms with E-state index in [0.29, 0.717) is 27.0 Å². The summed E-state index contributed by atoms with van der Waals surface area (Å²) in [6, 6.07) is 7.58. The number of aromatic nitrogens is 2. The number of rotatable bonds is 24. The Labute approximate surface area is 669 Å². The van der Waals surface area contributed by atoms with Crippen LogP contribution in [0.4, 0.5) is 43.9 Å². The fourth-order valence-electron chi connectivity index (χ4n) is 10.3. The fourth-order valence-corrected chi connectivity index (χ4v) is 12.1. The molecule has 2 aliphatic rings. The lowest BCUT2D eigenvalue weighted by Gasteiger charge is -2.39. The van der Waals surface area contributed by atoms with Crippen molar-refractivity contribution in [2.45, 2.75) is 111 Å². The zero-order chi connectivity index (χ0) is 109. The number of thioether (sulfide) groups is 2. The number of alkyl halides is 6. The Morgan fingerprint density at radius 1 is 0.538 bits per heavy atom. The van der Waals surface area contributed by atoms with Crippen molar-refractivity contribution in [1.29, 1.82) is 0 Å². The average Bonchev–Trinajstić information content (AvgIpc) is 0.666. The molecule has 0 saturated carbocycles. The Morgan fingerprint density at radius 2 is 0.915 bits per heavy atom. The van der Waals surface area contributed by atoms with Crippen LogP contribution in [0.15, 0.2) is 201 Å². The van der Waals surface area contributed by atoms with Crippen LogP contribution in [0.1, 0.15) is 122 Å². The van der Waals surface area contributed by atoms with Crippen LogP contribution in [0, 0.1) is 37.1 Å². The molecule has 24 heteroatoms.